The normalized spacial score (nSPS) is 14.0. The molecule has 0 aromatic heterocycles. The van der Waals surface area contributed by atoms with Crippen LogP contribution in [0.5, 0.6) is 0 Å². The van der Waals surface area contributed by atoms with Crippen LogP contribution in [0.3, 0.4) is 0 Å². The standard InChI is InChI=1S/C26H45N5O10P2.BrH/c1-6-19(4)23(30-25(34)41-17-20-11-8-7-9-12-20)24(33)28-21(15-18(2)3)16-27-31(5)14-10-13-22(32)29-26(42(35,36)37)43(38,39)40;/h7-9,11-12,16,18-19,21,23,26H,6,10,13-15,17H2,1-5H3,(H,28,33)(H,29,32)(H,30,34)(H2,35,36,37)(H2,38,39,40);1H/b27-16+;/t19-,21-,23-;/m0./s1. The summed E-state index contributed by atoms with van der Waals surface area (Å²) in [5.74, 6) is -1.34. The second-order valence-electron chi connectivity index (χ2n) is 10.7. The van der Waals surface area contributed by atoms with E-state index in [2.05, 4.69) is 15.7 Å². The Bertz CT molecular complexity index is 1140. The van der Waals surface area contributed by atoms with Crippen molar-refractivity contribution in [3.63, 3.8) is 0 Å². The summed E-state index contributed by atoms with van der Waals surface area (Å²) in [4.78, 5) is 74.3. The summed E-state index contributed by atoms with van der Waals surface area (Å²) in [6.07, 6.45) is 1.88. The average Bonchev–Trinajstić information content (AvgIpc) is 2.90. The molecule has 0 radical (unpaired) electrons. The number of halogens is 1. The summed E-state index contributed by atoms with van der Waals surface area (Å²) in [6, 6.07) is 7.82. The van der Waals surface area contributed by atoms with Gasteiger partial charge in [0.25, 0.3) is 0 Å². The molecule has 0 heterocycles. The maximum atomic E-state index is 13.3. The van der Waals surface area contributed by atoms with Crippen molar-refractivity contribution in [3.05, 3.63) is 35.9 Å². The smallest absolute Gasteiger partial charge is 0.408 e. The summed E-state index contributed by atoms with van der Waals surface area (Å²) in [5.41, 5.74) is -1.80. The van der Waals surface area contributed by atoms with E-state index in [0.29, 0.717) is 12.8 Å². The molecule has 0 bridgehead atoms. The minimum absolute atomic E-state index is 0. The SMILES string of the molecule is Br.CC[C@H](C)[C@H](NC(=O)OCc1ccccc1)C(=O)N[C@H](/C=N/N(C)CCCC(=O)NC(P(=O)(O)O)P(=O)(O)O)CC(C)C. The lowest BCUT2D eigenvalue weighted by Gasteiger charge is -2.26. The minimum atomic E-state index is -5.28. The van der Waals surface area contributed by atoms with E-state index < -0.39 is 50.7 Å². The van der Waals surface area contributed by atoms with E-state index in [1.165, 1.54) is 11.2 Å². The predicted octanol–water partition coefficient (Wildman–Crippen LogP) is 2.89. The lowest BCUT2D eigenvalue weighted by Crippen LogP contribution is -2.53. The first-order chi connectivity index (χ1) is 19.9. The van der Waals surface area contributed by atoms with Gasteiger partial charge >= 0.3 is 21.3 Å². The number of rotatable bonds is 18. The Labute approximate surface area is 268 Å². The topological polar surface area (TPSA) is 227 Å². The molecule has 0 fully saturated rings. The van der Waals surface area contributed by atoms with Crippen LogP contribution >= 0.6 is 32.2 Å². The molecule has 1 rings (SSSR count). The molecule has 18 heteroatoms. The Balaban J connectivity index is 0.0000185. The van der Waals surface area contributed by atoms with Crippen molar-refractivity contribution in [1.82, 2.24) is 21.0 Å². The van der Waals surface area contributed by atoms with Gasteiger partial charge in [0.2, 0.25) is 17.3 Å². The fourth-order valence-corrected chi connectivity index (χ4v) is 6.02. The summed E-state index contributed by atoms with van der Waals surface area (Å²) < 4.78 is 28.0. The summed E-state index contributed by atoms with van der Waals surface area (Å²) in [6.45, 7) is 7.98. The van der Waals surface area contributed by atoms with Crippen LogP contribution < -0.4 is 16.0 Å². The molecule has 0 spiro atoms. The quantitative estimate of drug-likeness (QED) is 0.0660. The van der Waals surface area contributed by atoms with Gasteiger partial charge < -0.3 is 45.3 Å². The fraction of sp³-hybridized carbons (Fsp3) is 0.615. The molecule has 0 saturated carbocycles. The lowest BCUT2D eigenvalue weighted by molar-refractivity contribution is -0.124. The largest absolute Gasteiger partial charge is 0.445 e. The number of alkyl carbamates (subject to hydrolysis) is 1. The lowest BCUT2D eigenvalue weighted by atomic mass is 9.97. The molecule has 0 saturated heterocycles. The maximum absolute atomic E-state index is 13.3. The number of nitrogens with zero attached hydrogens (tertiary/aromatic N) is 2. The van der Waals surface area contributed by atoms with E-state index in [0.717, 1.165) is 5.56 Å². The highest BCUT2D eigenvalue weighted by molar-refractivity contribution is 8.93. The Kier molecular flexibility index (Phi) is 18.9. The Hall–Kier alpha value is -2.32. The number of carbonyl (C=O) groups is 3. The van der Waals surface area contributed by atoms with Crippen molar-refractivity contribution >= 4 is 56.3 Å². The van der Waals surface area contributed by atoms with Gasteiger partial charge in [-0.05, 0) is 30.2 Å². The van der Waals surface area contributed by atoms with Gasteiger partial charge in [-0.3, -0.25) is 18.7 Å². The molecule has 1 aromatic carbocycles. The van der Waals surface area contributed by atoms with Gasteiger partial charge in [0, 0.05) is 26.2 Å². The molecule has 0 aliphatic rings. The molecular formula is C26H46BrN5O10P2. The molecule has 1 aromatic rings. The number of hydrazone groups is 1. The molecule has 0 unspecified atom stereocenters. The van der Waals surface area contributed by atoms with Crippen molar-refractivity contribution in [1.29, 1.82) is 0 Å². The molecule has 252 valence electrons. The summed E-state index contributed by atoms with van der Waals surface area (Å²) in [5, 5.41) is 13.1. The third-order valence-electron chi connectivity index (χ3n) is 6.29. The first kappa shape index (κ1) is 41.7. The number of hydrogen-bond acceptors (Lipinski definition) is 8. The van der Waals surface area contributed by atoms with Gasteiger partial charge in [0.15, 0.2) is 0 Å². The zero-order valence-electron chi connectivity index (χ0n) is 25.5. The molecule has 0 aliphatic heterocycles. The zero-order chi connectivity index (χ0) is 32.8. The Morgan fingerprint density at radius 3 is 2.11 bits per heavy atom. The van der Waals surface area contributed by atoms with Gasteiger partial charge in [0.05, 0.1) is 6.04 Å². The molecule has 3 atom stereocenters. The maximum Gasteiger partial charge on any atom is 0.408 e. The van der Waals surface area contributed by atoms with Gasteiger partial charge in [-0.1, -0.05) is 64.4 Å². The average molecular weight is 731 g/mol. The van der Waals surface area contributed by atoms with Gasteiger partial charge in [-0.15, -0.1) is 17.0 Å². The van der Waals surface area contributed by atoms with Crippen LogP contribution in [-0.4, -0.2) is 79.9 Å². The molecule has 0 aliphatic carbocycles. The van der Waals surface area contributed by atoms with E-state index in [1.807, 2.05) is 58.0 Å². The van der Waals surface area contributed by atoms with Crippen LogP contribution in [-0.2, 0) is 30.1 Å². The molecule has 3 amide bonds. The number of amides is 3. The highest BCUT2D eigenvalue weighted by Gasteiger charge is 2.44. The first-order valence-electron chi connectivity index (χ1n) is 13.9. The van der Waals surface area contributed by atoms with Crippen molar-refractivity contribution < 1.29 is 47.8 Å². The van der Waals surface area contributed by atoms with Crippen molar-refractivity contribution in [3.8, 4) is 0 Å². The van der Waals surface area contributed by atoms with Crippen molar-refractivity contribution in [2.24, 2.45) is 16.9 Å². The van der Waals surface area contributed by atoms with Gasteiger partial charge in [-0.25, -0.2) is 4.79 Å². The van der Waals surface area contributed by atoms with Crippen LogP contribution in [0, 0.1) is 11.8 Å². The van der Waals surface area contributed by atoms with Crippen LogP contribution in [0.25, 0.3) is 0 Å². The third-order valence-corrected chi connectivity index (χ3v) is 9.63. The minimum Gasteiger partial charge on any atom is -0.445 e. The first-order valence-corrected chi connectivity index (χ1v) is 17.2. The van der Waals surface area contributed by atoms with E-state index in [-0.39, 0.29) is 54.8 Å². The van der Waals surface area contributed by atoms with E-state index >= 15 is 0 Å². The second-order valence-corrected chi connectivity index (χ2v) is 14.5. The summed E-state index contributed by atoms with van der Waals surface area (Å²) in [7, 11) is -8.95. The van der Waals surface area contributed by atoms with Crippen LogP contribution in [0.4, 0.5) is 4.79 Å². The number of carbonyl (C=O) groups excluding carboxylic acids is 3. The highest BCUT2D eigenvalue weighted by Crippen LogP contribution is 2.58. The van der Waals surface area contributed by atoms with Gasteiger partial charge in [0.1, 0.15) is 12.6 Å². The molecule has 15 nitrogen and oxygen atoms in total. The number of hydrogen-bond donors (Lipinski definition) is 7. The highest BCUT2D eigenvalue weighted by atomic mass is 79.9. The van der Waals surface area contributed by atoms with Crippen LogP contribution in [0.15, 0.2) is 35.4 Å². The summed E-state index contributed by atoms with van der Waals surface area (Å²) >= 11 is 0. The van der Waals surface area contributed by atoms with Crippen molar-refractivity contribution in [2.45, 2.75) is 77.6 Å². The van der Waals surface area contributed by atoms with Crippen LogP contribution in [0.2, 0.25) is 0 Å². The van der Waals surface area contributed by atoms with Crippen LogP contribution in [0.1, 0.15) is 58.9 Å². The Morgan fingerprint density at radius 2 is 1.59 bits per heavy atom. The predicted molar refractivity (Wildman–Crippen MR) is 171 cm³/mol. The number of nitrogens with one attached hydrogen (secondary N) is 3. The monoisotopic (exact) mass is 729 g/mol. The van der Waals surface area contributed by atoms with E-state index in [1.54, 1.807) is 12.4 Å². The second kappa shape index (κ2) is 19.9. The third kappa shape index (κ3) is 16.7. The number of ether oxygens (including phenoxy) is 1. The van der Waals surface area contributed by atoms with E-state index in [9.17, 15) is 23.5 Å². The Morgan fingerprint density at radius 1 is 1.00 bits per heavy atom. The molecular weight excluding hydrogens is 684 g/mol. The fourth-order valence-electron chi connectivity index (χ4n) is 3.83. The van der Waals surface area contributed by atoms with Crippen molar-refractivity contribution in [2.75, 3.05) is 13.6 Å². The zero-order valence-corrected chi connectivity index (χ0v) is 29.0. The van der Waals surface area contributed by atoms with E-state index in [4.69, 9.17) is 24.3 Å². The molecule has 7 N–H and O–H groups in total. The molecule has 44 heavy (non-hydrogen) atoms. The van der Waals surface area contributed by atoms with Gasteiger partial charge in [-0.2, -0.15) is 5.10 Å². The number of benzene rings is 1.